The van der Waals surface area contributed by atoms with Crippen molar-refractivity contribution >= 4 is 5.97 Å². The molecule has 0 aromatic carbocycles. The summed E-state index contributed by atoms with van der Waals surface area (Å²) in [6.45, 7) is 4.99. The average Bonchev–Trinajstić information content (AvgIpc) is 3.05. The number of imidazole rings is 1. The van der Waals surface area contributed by atoms with Crippen molar-refractivity contribution in [1.29, 1.82) is 0 Å². The molecule has 1 aliphatic rings. The summed E-state index contributed by atoms with van der Waals surface area (Å²) in [6.07, 6.45) is 3.62. The Labute approximate surface area is 122 Å². The van der Waals surface area contributed by atoms with Crippen LogP contribution in [0.5, 0.6) is 0 Å². The molecule has 0 spiro atoms. The van der Waals surface area contributed by atoms with Gasteiger partial charge in [-0.25, -0.2) is 9.97 Å². The van der Waals surface area contributed by atoms with E-state index in [2.05, 4.69) is 15.0 Å². The summed E-state index contributed by atoms with van der Waals surface area (Å²) >= 11 is 0. The van der Waals surface area contributed by atoms with Gasteiger partial charge < -0.3 is 14.5 Å². The average molecular weight is 290 g/mol. The number of aromatic amines is 1. The molecule has 3 rings (SSSR count). The molecule has 0 saturated heterocycles. The molecule has 0 amide bonds. The fraction of sp³-hybridized carbons (Fsp3) is 0.500. The van der Waals surface area contributed by atoms with Gasteiger partial charge in [-0.2, -0.15) is 0 Å². The molecule has 2 aromatic heterocycles. The Hall–Kier alpha value is -2.15. The van der Waals surface area contributed by atoms with Crippen LogP contribution in [0.4, 0.5) is 0 Å². The number of carboxylic acid groups (broad SMARTS) is 1. The Kier molecular flexibility index (Phi) is 3.50. The van der Waals surface area contributed by atoms with E-state index in [-0.39, 0.29) is 5.92 Å². The maximum Gasteiger partial charge on any atom is 0.321 e. The first-order valence-electron chi connectivity index (χ1n) is 6.97. The first kappa shape index (κ1) is 13.8. The van der Waals surface area contributed by atoms with Crippen LogP contribution in [0.2, 0.25) is 0 Å². The molecule has 0 fully saturated rings. The Morgan fingerprint density at radius 1 is 1.62 bits per heavy atom. The predicted octanol–water partition coefficient (Wildman–Crippen LogP) is 1.53. The fourth-order valence-electron chi connectivity index (χ4n) is 2.57. The second-order valence-corrected chi connectivity index (χ2v) is 5.62. The Morgan fingerprint density at radius 3 is 3.10 bits per heavy atom. The first-order valence-corrected chi connectivity index (χ1v) is 6.97. The summed E-state index contributed by atoms with van der Waals surface area (Å²) < 4.78 is 5.41. The van der Waals surface area contributed by atoms with Crippen LogP contribution in [0.15, 0.2) is 17.0 Å². The van der Waals surface area contributed by atoms with Crippen molar-refractivity contribution < 1.29 is 14.3 Å². The first-order chi connectivity index (χ1) is 10.0. The Morgan fingerprint density at radius 2 is 2.43 bits per heavy atom. The molecule has 0 bridgehead atoms. The molecule has 0 saturated carbocycles. The van der Waals surface area contributed by atoms with Crippen molar-refractivity contribution in [2.24, 2.45) is 0 Å². The number of hydrogen-bond acceptors (Lipinski definition) is 5. The molecule has 1 aliphatic heterocycles. The number of aliphatic carboxylic acids is 1. The van der Waals surface area contributed by atoms with E-state index in [1.54, 1.807) is 12.6 Å². The lowest BCUT2D eigenvalue weighted by Gasteiger charge is -2.31. The number of oxazole rings is 1. The molecule has 3 heterocycles. The van der Waals surface area contributed by atoms with E-state index in [0.29, 0.717) is 25.4 Å². The van der Waals surface area contributed by atoms with Crippen molar-refractivity contribution in [1.82, 2.24) is 19.9 Å². The third-order valence-corrected chi connectivity index (χ3v) is 3.71. The van der Waals surface area contributed by atoms with E-state index in [1.807, 2.05) is 18.7 Å². The second kappa shape index (κ2) is 5.33. The molecular weight excluding hydrogens is 272 g/mol. The molecule has 0 aliphatic carbocycles. The second-order valence-electron chi connectivity index (χ2n) is 5.62. The number of H-pyrrole nitrogens is 1. The Bertz CT molecular complexity index is 646. The zero-order chi connectivity index (χ0) is 15.0. The third-order valence-electron chi connectivity index (χ3n) is 3.71. The molecule has 0 unspecified atom stereocenters. The van der Waals surface area contributed by atoms with Crippen LogP contribution in [0.3, 0.4) is 0 Å². The number of carboxylic acids is 1. The predicted molar refractivity (Wildman–Crippen MR) is 73.6 cm³/mol. The zero-order valence-electron chi connectivity index (χ0n) is 12.0. The van der Waals surface area contributed by atoms with Gasteiger partial charge in [0.25, 0.3) is 0 Å². The number of carbonyl (C=O) groups is 1. The van der Waals surface area contributed by atoms with Crippen molar-refractivity contribution in [3.63, 3.8) is 0 Å². The topological polar surface area (TPSA) is 95.2 Å². The lowest BCUT2D eigenvalue weighted by Crippen LogP contribution is -2.45. The molecule has 21 heavy (non-hydrogen) atoms. The lowest BCUT2D eigenvalue weighted by atomic mass is 10.0. The normalized spacial score (nSPS) is 18.9. The summed E-state index contributed by atoms with van der Waals surface area (Å²) in [5, 5.41) is 9.42. The summed E-state index contributed by atoms with van der Waals surface area (Å²) in [4.78, 5) is 25.0. The summed E-state index contributed by atoms with van der Waals surface area (Å²) in [6, 6.07) is -0.583. The molecule has 7 heteroatoms. The van der Waals surface area contributed by atoms with Crippen LogP contribution in [0.1, 0.15) is 42.7 Å². The highest BCUT2D eigenvalue weighted by Crippen LogP contribution is 2.23. The molecule has 2 N–H and O–H groups in total. The number of hydrogen-bond donors (Lipinski definition) is 2. The van der Waals surface area contributed by atoms with Gasteiger partial charge in [-0.1, -0.05) is 13.8 Å². The molecule has 0 radical (unpaired) electrons. The highest BCUT2D eigenvalue weighted by Gasteiger charge is 2.33. The van der Waals surface area contributed by atoms with Crippen LogP contribution in [-0.4, -0.2) is 37.0 Å². The smallest absolute Gasteiger partial charge is 0.321 e. The Balaban J connectivity index is 1.80. The lowest BCUT2D eigenvalue weighted by molar-refractivity contribution is -0.144. The molecule has 2 aromatic rings. The van der Waals surface area contributed by atoms with Crippen molar-refractivity contribution in [3.8, 4) is 0 Å². The van der Waals surface area contributed by atoms with Gasteiger partial charge in [0.2, 0.25) is 0 Å². The highest BCUT2D eigenvalue weighted by atomic mass is 16.4. The maximum atomic E-state index is 11.5. The van der Waals surface area contributed by atoms with Gasteiger partial charge in [0, 0.05) is 25.4 Å². The summed E-state index contributed by atoms with van der Waals surface area (Å²) in [7, 11) is 0. The van der Waals surface area contributed by atoms with E-state index < -0.39 is 12.0 Å². The van der Waals surface area contributed by atoms with E-state index in [0.717, 1.165) is 17.1 Å². The minimum atomic E-state index is -0.837. The van der Waals surface area contributed by atoms with Crippen LogP contribution in [-0.2, 0) is 24.3 Å². The van der Waals surface area contributed by atoms with Gasteiger partial charge in [-0.15, -0.1) is 0 Å². The number of nitrogens with zero attached hydrogens (tertiary/aromatic N) is 3. The number of nitrogens with one attached hydrogen (secondary N) is 1. The van der Waals surface area contributed by atoms with Gasteiger partial charge in [0.1, 0.15) is 12.3 Å². The molecule has 7 nitrogen and oxygen atoms in total. The van der Waals surface area contributed by atoms with Crippen LogP contribution < -0.4 is 0 Å². The highest BCUT2D eigenvalue weighted by molar-refractivity contribution is 5.74. The van der Waals surface area contributed by atoms with E-state index >= 15 is 0 Å². The van der Waals surface area contributed by atoms with Gasteiger partial charge in [-0.3, -0.25) is 9.69 Å². The minimum Gasteiger partial charge on any atom is -0.480 e. The van der Waals surface area contributed by atoms with Crippen LogP contribution in [0.25, 0.3) is 0 Å². The number of fused-ring (bicyclic) bond motifs is 1. The number of aromatic nitrogens is 3. The van der Waals surface area contributed by atoms with Gasteiger partial charge in [-0.05, 0) is 0 Å². The summed E-state index contributed by atoms with van der Waals surface area (Å²) in [5.41, 5.74) is 2.56. The van der Waals surface area contributed by atoms with Gasteiger partial charge in [0.05, 0.1) is 23.4 Å². The third kappa shape index (κ3) is 2.69. The van der Waals surface area contributed by atoms with Crippen molar-refractivity contribution in [2.75, 3.05) is 0 Å². The van der Waals surface area contributed by atoms with E-state index in [1.165, 1.54) is 0 Å². The SMILES string of the molecule is CC(C)c1nc(CN2Cc3[nH]cnc3C[C@H]2C(=O)O)co1. The molecule has 112 valence electrons. The van der Waals surface area contributed by atoms with E-state index in [9.17, 15) is 9.90 Å². The number of rotatable bonds is 4. The monoisotopic (exact) mass is 290 g/mol. The van der Waals surface area contributed by atoms with Crippen molar-refractivity contribution in [2.45, 2.75) is 45.3 Å². The minimum absolute atomic E-state index is 0.217. The zero-order valence-corrected chi connectivity index (χ0v) is 12.0. The maximum absolute atomic E-state index is 11.5. The van der Waals surface area contributed by atoms with Crippen LogP contribution in [0, 0.1) is 0 Å². The molecule has 1 atom stereocenters. The summed E-state index contributed by atoms with van der Waals surface area (Å²) in [5.74, 6) is 0.0573. The van der Waals surface area contributed by atoms with E-state index in [4.69, 9.17) is 4.42 Å². The van der Waals surface area contributed by atoms with Crippen LogP contribution >= 0.6 is 0 Å². The largest absolute Gasteiger partial charge is 0.480 e. The fourth-order valence-corrected chi connectivity index (χ4v) is 2.57. The standard InChI is InChI=1S/C14H18N4O3/c1-8(2)13-17-9(6-21-13)4-18-5-11-10(15-7-16-11)3-12(18)14(19)20/h6-8,12H,3-5H2,1-2H3,(H,15,16)(H,19,20)/t12-/m0/s1. The molecular formula is C14H18N4O3. The van der Waals surface area contributed by atoms with Gasteiger partial charge in [0.15, 0.2) is 5.89 Å². The quantitative estimate of drug-likeness (QED) is 0.886. The van der Waals surface area contributed by atoms with Crippen molar-refractivity contribution in [3.05, 3.63) is 35.6 Å². The van der Waals surface area contributed by atoms with Gasteiger partial charge >= 0.3 is 5.97 Å².